The van der Waals surface area contributed by atoms with E-state index in [-0.39, 0.29) is 10.8 Å². The normalized spacial score (nSPS) is 11.4. The molecule has 26 heavy (non-hydrogen) atoms. The number of methoxy groups -OCH3 is 1. The van der Waals surface area contributed by atoms with Crippen molar-refractivity contribution in [2.75, 3.05) is 12.4 Å². The van der Waals surface area contributed by atoms with Crippen LogP contribution in [0, 0.1) is 6.92 Å². The van der Waals surface area contributed by atoms with Gasteiger partial charge in [0.2, 0.25) is 0 Å². The van der Waals surface area contributed by atoms with Gasteiger partial charge < -0.3 is 10.1 Å². The lowest BCUT2D eigenvalue weighted by Crippen LogP contribution is -2.20. The Bertz CT molecular complexity index is 886. The SMILES string of the molecule is CCC(CC)S(=O)(=O)c1ccc(OC)c(NC(=O)c2ccccc2C)c1. The molecule has 1 amide bonds. The summed E-state index contributed by atoms with van der Waals surface area (Å²) >= 11 is 0. The Balaban J connectivity index is 2.42. The van der Waals surface area contributed by atoms with E-state index in [1.807, 2.05) is 32.9 Å². The molecule has 140 valence electrons. The van der Waals surface area contributed by atoms with Gasteiger partial charge in [-0.15, -0.1) is 0 Å². The summed E-state index contributed by atoms with van der Waals surface area (Å²) in [5.74, 6) is 0.105. The molecule has 0 aliphatic rings. The highest BCUT2D eigenvalue weighted by Gasteiger charge is 2.25. The van der Waals surface area contributed by atoms with Crippen molar-refractivity contribution < 1.29 is 17.9 Å². The van der Waals surface area contributed by atoms with Crippen LogP contribution in [0.15, 0.2) is 47.4 Å². The first-order chi connectivity index (χ1) is 12.3. The van der Waals surface area contributed by atoms with E-state index in [9.17, 15) is 13.2 Å². The molecule has 0 heterocycles. The van der Waals surface area contributed by atoms with Crippen molar-refractivity contribution in [1.29, 1.82) is 0 Å². The zero-order valence-electron chi connectivity index (χ0n) is 15.6. The molecular formula is C20H25NO4S. The smallest absolute Gasteiger partial charge is 0.256 e. The largest absolute Gasteiger partial charge is 0.495 e. The van der Waals surface area contributed by atoms with Crippen LogP contribution < -0.4 is 10.1 Å². The zero-order chi connectivity index (χ0) is 19.3. The number of benzene rings is 2. The van der Waals surface area contributed by atoms with Crippen LogP contribution in [0.2, 0.25) is 0 Å². The maximum atomic E-state index is 12.8. The highest BCUT2D eigenvalue weighted by atomic mass is 32.2. The number of aryl methyl sites for hydroxylation is 1. The Morgan fingerprint density at radius 1 is 1.12 bits per heavy atom. The highest BCUT2D eigenvalue weighted by molar-refractivity contribution is 7.92. The van der Waals surface area contributed by atoms with E-state index < -0.39 is 15.1 Å². The Morgan fingerprint density at radius 3 is 2.35 bits per heavy atom. The molecule has 0 saturated heterocycles. The number of amides is 1. The van der Waals surface area contributed by atoms with E-state index >= 15 is 0 Å². The average molecular weight is 375 g/mol. The number of sulfone groups is 1. The van der Waals surface area contributed by atoms with Gasteiger partial charge in [0.05, 0.1) is 22.9 Å². The third-order valence-electron chi connectivity index (χ3n) is 4.49. The van der Waals surface area contributed by atoms with E-state index in [1.165, 1.54) is 19.2 Å². The van der Waals surface area contributed by atoms with Gasteiger partial charge in [-0.3, -0.25) is 4.79 Å². The molecular weight excluding hydrogens is 350 g/mol. The summed E-state index contributed by atoms with van der Waals surface area (Å²) in [7, 11) is -1.98. The Kier molecular flexibility index (Phi) is 6.42. The van der Waals surface area contributed by atoms with E-state index in [2.05, 4.69) is 5.32 Å². The van der Waals surface area contributed by atoms with Crippen LogP contribution in [-0.4, -0.2) is 26.7 Å². The van der Waals surface area contributed by atoms with Gasteiger partial charge in [-0.1, -0.05) is 32.0 Å². The van der Waals surface area contributed by atoms with Crippen LogP contribution >= 0.6 is 0 Å². The standard InChI is InChI=1S/C20H25NO4S/c1-5-15(6-2)26(23,24)16-11-12-19(25-4)18(13-16)21-20(22)17-10-8-7-9-14(17)3/h7-13,15H,5-6H2,1-4H3,(H,21,22). The molecule has 2 aromatic rings. The molecule has 0 radical (unpaired) electrons. The maximum Gasteiger partial charge on any atom is 0.256 e. The van der Waals surface area contributed by atoms with Crippen molar-refractivity contribution in [2.45, 2.75) is 43.8 Å². The molecule has 6 heteroatoms. The van der Waals surface area contributed by atoms with Crippen molar-refractivity contribution in [2.24, 2.45) is 0 Å². The lowest BCUT2D eigenvalue weighted by Gasteiger charge is -2.17. The molecule has 0 bridgehead atoms. The van der Waals surface area contributed by atoms with E-state index in [0.717, 1.165) is 5.56 Å². The molecule has 0 aromatic heterocycles. The van der Waals surface area contributed by atoms with Crippen molar-refractivity contribution in [3.05, 3.63) is 53.6 Å². The molecule has 5 nitrogen and oxygen atoms in total. The number of nitrogens with one attached hydrogen (secondary N) is 1. The van der Waals surface area contributed by atoms with E-state index in [0.29, 0.717) is 29.8 Å². The number of ether oxygens (including phenoxy) is 1. The highest BCUT2D eigenvalue weighted by Crippen LogP contribution is 2.31. The minimum absolute atomic E-state index is 0.187. The van der Waals surface area contributed by atoms with Crippen LogP contribution in [0.1, 0.15) is 42.6 Å². The molecule has 2 rings (SSSR count). The zero-order valence-corrected chi connectivity index (χ0v) is 16.4. The van der Waals surface area contributed by atoms with Crippen molar-refractivity contribution in [3.8, 4) is 5.75 Å². The predicted octanol–water partition coefficient (Wildman–Crippen LogP) is 4.22. The molecule has 2 aromatic carbocycles. The molecule has 0 aliphatic carbocycles. The Hall–Kier alpha value is -2.34. The minimum atomic E-state index is -3.46. The second-order valence-corrected chi connectivity index (χ2v) is 8.34. The van der Waals surface area contributed by atoms with Crippen LogP contribution in [0.25, 0.3) is 0 Å². The second kappa shape index (κ2) is 8.36. The fraction of sp³-hybridized carbons (Fsp3) is 0.350. The number of carbonyl (C=O) groups excluding carboxylic acids is 1. The number of carbonyl (C=O) groups is 1. The summed E-state index contributed by atoms with van der Waals surface area (Å²) < 4.78 is 30.9. The van der Waals surface area contributed by atoms with Gasteiger partial charge in [0.25, 0.3) is 5.91 Å². The minimum Gasteiger partial charge on any atom is -0.495 e. The third kappa shape index (κ3) is 4.07. The quantitative estimate of drug-likeness (QED) is 0.786. The Labute approximate surface area is 155 Å². The third-order valence-corrected chi connectivity index (χ3v) is 6.94. The summed E-state index contributed by atoms with van der Waals surface area (Å²) in [5.41, 5.74) is 1.71. The monoisotopic (exact) mass is 375 g/mol. The fourth-order valence-electron chi connectivity index (χ4n) is 2.90. The number of hydrogen-bond donors (Lipinski definition) is 1. The van der Waals surface area contributed by atoms with Crippen molar-refractivity contribution in [3.63, 3.8) is 0 Å². The molecule has 0 saturated carbocycles. The first-order valence-electron chi connectivity index (χ1n) is 8.64. The molecule has 0 spiro atoms. The predicted molar refractivity (Wildman–Crippen MR) is 104 cm³/mol. The van der Waals surface area contributed by atoms with Gasteiger partial charge in [0.1, 0.15) is 5.75 Å². The Morgan fingerprint density at radius 2 is 1.77 bits per heavy atom. The average Bonchev–Trinajstić information content (AvgIpc) is 2.62. The van der Waals surface area contributed by atoms with Crippen LogP contribution in [0.5, 0.6) is 5.75 Å². The molecule has 0 aliphatic heterocycles. The van der Waals surface area contributed by atoms with Gasteiger partial charge in [0, 0.05) is 5.56 Å². The molecule has 0 atom stereocenters. The second-order valence-electron chi connectivity index (χ2n) is 6.11. The van der Waals surface area contributed by atoms with E-state index in [4.69, 9.17) is 4.74 Å². The van der Waals surface area contributed by atoms with Gasteiger partial charge in [-0.05, 0) is 49.6 Å². The molecule has 1 N–H and O–H groups in total. The lowest BCUT2D eigenvalue weighted by atomic mass is 10.1. The fourth-order valence-corrected chi connectivity index (χ4v) is 4.70. The summed E-state index contributed by atoms with van der Waals surface area (Å²) in [5, 5.41) is 2.33. The lowest BCUT2D eigenvalue weighted by molar-refractivity contribution is 0.102. The van der Waals surface area contributed by atoms with Gasteiger partial charge >= 0.3 is 0 Å². The molecule has 0 unspecified atom stereocenters. The summed E-state index contributed by atoms with van der Waals surface area (Å²) in [6.45, 7) is 5.56. The first-order valence-corrected chi connectivity index (χ1v) is 10.2. The summed E-state index contributed by atoms with van der Waals surface area (Å²) in [6.07, 6.45) is 1.07. The van der Waals surface area contributed by atoms with Crippen LogP contribution in [-0.2, 0) is 9.84 Å². The van der Waals surface area contributed by atoms with Crippen LogP contribution in [0.3, 0.4) is 0 Å². The van der Waals surface area contributed by atoms with Gasteiger partial charge in [-0.25, -0.2) is 8.42 Å². The maximum absolute atomic E-state index is 12.8. The number of rotatable bonds is 7. The topological polar surface area (TPSA) is 72.5 Å². The summed E-state index contributed by atoms with van der Waals surface area (Å²) in [6, 6.07) is 11.8. The van der Waals surface area contributed by atoms with Crippen LogP contribution in [0.4, 0.5) is 5.69 Å². The van der Waals surface area contributed by atoms with Crippen molar-refractivity contribution in [1.82, 2.24) is 0 Å². The molecule has 0 fully saturated rings. The van der Waals surface area contributed by atoms with Gasteiger partial charge in [0.15, 0.2) is 9.84 Å². The van der Waals surface area contributed by atoms with Gasteiger partial charge in [-0.2, -0.15) is 0 Å². The van der Waals surface area contributed by atoms with Crippen molar-refractivity contribution >= 4 is 21.4 Å². The number of anilines is 1. The van der Waals surface area contributed by atoms with E-state index in [1.54, 1.807) is 18.2 Å². The first kappa shape index (κ1) is 20.0. The number of hydrogen-bond acceptors (Lipinski definition) is 4. The summed E-state index contributed by atoms with van der Waals surface area (Å²) in [4.78, 5) is 12.8.